The van der Waals surface area contributed by atoms with E-state index in [9.17, 15) is 13.2 Å². The summed E-state index contributed by atoms with van der Waals surface area (Å²) in [4.78, 5) is 14.5. The minimum Gasteiger partial charge on any atom is -0.478 e. The summed E-state index contributed by atoms with van der Waals surface area (Å²) in [5, 5.41) is 17.9. The smallest absolute Gasteiger partial charge is 0.339 e. The number of aromatic carboxylic acids is 1. The quantitative estimate of drug-likeness (QED) is 0.882. The van der Waals surface area contributed by atoms with Crippen molar-refractivity contribution >= 4 is 21.8 Å². The molecule has 1 aromatic carbocycles. The number of hydrogen-bond acceptors (Lipinski definition) is 5. The maximum atomic E-state index is 12.3. The van der Waals surface area contributed by atoms with Crippen LogP contribution in [0.15, 0.2) is 47.5 Å². The van der Waals surface area contributed by atoms with E-state index in [4.69, 9.17) is 10.4 Å². The van der Waals surface area contributed by atoms with Crippen LogP contribution in [0.2, 0.25) is 0 Å². The molecule has 2 rings (SSSR count). The van der Waals surface area contributed by atoms with Crippen LogP contribution in [0.25, 0.3) is 0 Å². The lowest BCUT2D eigenvalue weighted by molar-refractivity contribution is 0.0697. The van der Waals surface area contributed by atoms with Crippen molar-refractivity contribution in [2.24, 2.45) is 0 Å². The number of pyridine rings is 1. The van der Waals surface area contributed by atoms with E-state index in [1.807, 2.05) is 0 Å². The second-order valence-corrected chi connectivity index (χ2v) is 5.57. The van der Waals surface area contributed by atoms with Gasteiger partial charge in [0.25, 0.3) is 10.0 Å². The Hall–Kier alpha value is -2.92. The summed E-state index contributed by atoms with van der Waals surface area (Å²) < 4.78 is 26.6. The van der Waals surface area contributed by atoms with E-state index in [0.717, 1.165) is 0 Å². The zero-order valence-corrected chi connectivity index (χ0v) is 11.3. The van der Waals surface area contributed by atoms with Gasteiger partial charge in [0.2, 0.25) is 0 Å². The van der Waals surface area contributed by atoms with Gasteiger partial charge < -0.3 is 5.11 Å². The Balaban J connectivity index is 2.49. The third-order valence-electron chi connectivity index (χ3n) is 2.57. The maximum Gasteiger partial charge on any atom is 0.339 e. The molecule has 0 aliphatic rings. The molecule has 2 N–H and O–H groups in total. The van der Waals surface area contributed by atoms with E-state index in [0.29, 0.717) is 0 Å². The number of carboxylic acid groups (broad SMARTS) is 1. The Morgan fingerprint density at radius 3 is 2.62 bits per heavy atom. The first-order valence-corrected chi connectivity index (χ1v) is 7.14. The molecule has 0 spiro atoms. The SMILES string of the molecule is N#Cc1ccccc1S(=O)(=O)Nc1ncccc1C(=O)O. The standard InChI is InChI=1S/C13H9N3O4S/c14-8-9-4-1-2-6-11(9)21(19,20)16-12-10(13(17)18)5-3-7-15-12/h1-7H,(H,15,16)(H,17,18). The molecule has 106 valence electrons. The highest BCUT2D eigenvalue weighted by Crippen LogP contribution is 2.20. The zero-order chi connectivity index (χ0) is 15.5. The second kappa shape index (κ2) is 5.60. The lowest BCUT2D eigenvalue weighted by Crippen LogP contribution is -2.17. The normalized spacial score (nSPS) is 10.6. The highest BCUT2D eigenvalue weighted by molar-refractivity contribution is 7.92. The van der Waals surface area contributed by atoms with Gasteiger partial charge in [-0.05, 0) is 24.3 Å². The maximum absolute atomic E-state index is 12.3. The summed E-state index contributed by atoms with van der Waals surface area (Å²) in [6, 6.07) is 9.97. The summed E-state index contributed by atoms with van der Waals surface area (Å²) >= 11 is 0. The Bertz CT molecular complexity index is 840. The molecule has 2 aromatic rings. The molecule has 21 heavy (non-hydrogen) atoms. The first-order chi connectivity index (χ1) is 9.95. The average molecular weight is 303 g/mol. The molecule has 0 bridgehead atoms. The Morgan fingerprint density at radius 2 is 1.95 bits per heavy atom. The second-order valence-electron chi connectivity index (χ2n) is 3.92. The molecule has 0 saturated heterocycles. The molecule has 8 heteroatoms. The van der Waals surface area contributed by atoms with Gasteiger partial charge in [0.1, 0.15) is 16.5 Å². The van der Waals surface area contributed by atoms with Gasteiger partial charge in [0, 0.05) is 6.20 Å². The van der Waals surface area contributed by atoms with Crippen LogP contribution in [0.5, 0.6) is 0 Å². The number of anilines is 1. The van der Waals surface area contributed by atoms with E-state index in [1.54, 1.807) is 6.07 Å². The summed E-state index contributed by atoms with van der Waals surface area (Å²) in [5.41, 5.74) is -0.326. The highest BCUT2D eigenvalue weighted by Gasteiger charge is 2.21. The fraction of sp³-hybridized carbons (Fsp3) is 0. The molecule has 0 fully saturated rings. The molecular weight excluding hydrogens is 294 g/mol. The van der Waals surface area contributed by atoms with Crippen molar-refractivity contribution in [1.29, 1.82) is 5.26 Å². The molecule has 0 aliphatic heterocycles. The predicted molar refractivity (Wildman–Crippen MR) is 73.2 cm³/mol. The van der Waals surface area contributed by atoms with Crippen LogP contribution in [0.1, 0.15) is 15.9 Å². The molecule has 1 aromatic heterocycles. The van der Waals surface area contributed by atoms with Gasteiger partial charge in [-0.25, -0.2) is 18.2 Å². The molecule has 0 saturated carbocycles. The van der Waals surface area contributed by atoms with Crippen molar-refractivity contribution in [2.75, 3.05) is 4.72 Å². The lowest BCUT2D eigenvalue weighted by atomic mass is 10.2. The highest BCUT2D eigenvalue weighted by atomic mass is 32.2. The average Bonchev–Trinajstić information content (AvgIpc) is 2.47. The van der Waals surface area contributed by atoms with E-state index in [2.05, 4.69) is 9.71 Å². The molecular formula is C13H9N3O4S. The van der Waals surface area contributed by atoms with E-state index in [1.165, 1.54) is 42.6 Å². The molecule has 0 atom stereocenters. The fourth-order valence-corrected chi connectivity index (χ4v) is 2.82. The first kappa shape index (κ1) is 14.5. The molecule has 7 nitrogen and oxygen atoms in total. The lowest BCUT2D eigenvalue weighted by Gasteiger charge is -2.10. The van der Waals surface area contributed by atoms with Crippen LogP contribution in [-0.2, 0) is 10.0 Å². The van der Waals surface area contributed by atoms with Crippen molar-refractivity contribution in [2.45, 2.75) is 4.90 Å². The number of nitrogens with zero attached hydrogens (tertiary/aromatic N) is 2. The molecule has 0 radical (unpaired) electrons. The van der Waals surface area contributed by atoms with Crippen molar-refractivity contribution < 1.29 is 18.3 Å². The number of nitriles is 1. The van der Waals surface area contributed by atoms with E-state index in [-0.39, 0.29) is 21.8 Å². The summed E-state index contributed by atoms with van der Waals surface area (Å²) in [6.07, 6.45) is 1.26. The van der Waals surface area contributed by atoms with Crippen LogP contribution in [0.3, 0.4) is 0 Å². The van der Waals surface area contributed by atoms with E-state index < -0.39 is 16.0 Å². The number of benzene rings is 1. The number of hydrogen-bond donors (Lipinski definition) is 2. The van der Waals surface area contributed by atoms with Gasteiger partial charge >= 0.3 is 5.97 Å². The Kier molecular flexibility index (Phi) is 3.86. The van der Waals surface area contributed by atoms with Crippen molar-refractivity contribution in [3.63, 3.8) is 0 Å². The largest absolute Gasteiger partial charge is 0.478 e. The summed E-state index contributed by atoms with van der Waals surface area (Å²) in [5.74, 6) is -1.62. The van der Waals surface area contributed by atoms with Crippen LogP contribution in [0.4, 0.5) is 5.82 Å². The van der Waals surface area contributed by atoms with E-state index >= 15 is 0 Å². The molecule has 0 amide bonds. The Labute approximate surface area is 120 Å². The third-order valence-corrected chi connectivity index (χ3v) is 3.96. The number of aromatic nitrogens is 1. The summed E-state index contributed by atoms with van der Waals surface area (Å²) in [7, 11) is -4.11. The minimum atomic E-state index is -4.11. The van der Waals surface area contributed by atoms with Crippen LogP contribution >= 0.6 is 0 Å². The predicted octanol–water partition coefficient (Wildman–Crippen LogP) is 1.45. The van der Waals surface area contributed by atoms with Gasteiger partial charge in [0.05, 0.1) is 5.56 Å². The fourth-order valence-electron chi connectivity index (χ4n) is 1.63. The topological polar surface area (TPSA) is 120 Å². The number of carboxylic acids is 1. The molecule has 0 unspecified atom stereocenters. The Morgan fingerprint density at radius 1 is 1.24 bits per heavy atom. The van der Waals surface area contributed by atoms with Crippen LogP contribution in [0, 0.1) is 11.3 Å². The van der Waals surface area contributed by atoms with Gasteiger partial charge in [-0.3, -0.25) is 4.72 Å². The first-order valence-electron chi connectivity index (χ1n) is 5.66. The number of sulfonamides is 1. The van der Waals surface area contributed by atoms with Gasteiger partial charge in [-0.1, -0.05) is 12.1 Å². The van der Waals surface area contributed by atoms with Crippen molar-refractivity contribution in [3.05, 3.63) is 53.7 Å². The number of carbonyl (C=O) groups is 1. The molecule has 1 heterocycles. The molecule has 0 aliphatic carbocycles. The van der Waals surface area contributed by atoms with Crippen molar-refractivity contribution in [1.82, 2.24) is 4.98 Å². The summed E-state index contributed by atoms with van der Waals surface area (Å²) in [6.45, 7) is 0. The van der Waals surface area contributed by atoms with Gasteiger partial charge in [-0.15, -0.1) is 0 Å². The van der Waals surface area contributed by atoms with Crippen molar-refractivity contribution in [3.8, 4) is 6.07 Å². The number of rotatable bonds is 4. The monoisotopic (exact) mass is 303 g/mol. The minimum absolute atomic E-state index is 0.0437. The van der Waals surface area contributed by atoms with Gasteiger partial charge in [0.15, 0.2) is 5.82 Å². The number of nitrogens with one attached hydrogen (secondary N) is 1. The zero-order valence-electron chi connectivity index (χ0n) is 10.5. The van der Waals surface area contributed by atoms with Crippen LogP contribution < -0.4 is 4.72 Å². The van der Waals surface area contributed by atoms with Gasteiger partial charge in [-0.2, -0.15) is 5.26 Å². The third kappa shape index (κ3) is 2.98. The van der Waals surface area contributed by atoms with Crippen LogP contribution in [-0.4, -0.2) is 24.5 Å².